The molecule has 1 fully saturated rings. The summed E-state index contributed by atoms with van der Waals surface area (Å²) in [5.74, 6) is 0.505. The lowest BCUT2D eigenvalue weighted by Crippen LogP contribution is -2.47. The summed E-state index contributed by atoms with van der Waals surface area (Å²) in [6, 6.07) is 4.52. The highest BCUT2D eigenvalue weighted by atomic mass is 16.2. The van der Waals surface area contributed by atoms with Crippen molar-refractivity contribution in [2.45, 2.75) is 6.42 Å². The minimum atomic E-state index is -0.323. The van der Waals surface area contributed by atoms with Crippen molar-refractivity contribution in [2.24, 2.45) is 0 Å². The van der Waals surface area contributed by atoms with Gasteiger partial charge in [-0.15, -0.1) is 0 Å². The molecule has 0 bridgehead atoms. The van der Waals surface area contributed by atoms with Crippen molar-refractivity contribution >= 4 is 11.9 Å². The molecule has 1 amide bonds. The molecule has 2 aromatic heterocycles. The van der Waals surface area contributed by atoms with Crippen molar-refractivity contribution in [3.8, 4) is 0 Å². The second-order valence-corrected chi connectivity index (χ2v) is 5.79. The fourth-order valence-corrected chi connectivity index (χ4v) is 2.69. The highest BCUT2D eigenvalue weighted by molar-refractivity contribution is 5.91. The van der Waals surface area contributed by atoms with E-state index in [1.54, 1.807) is 12.4 Å². The molecule has 0 spiro atoms. The number of aromatic amines is 1. The average Bonchev–Trinajstić information content (AvgIpc) is 2.67. The Labute approximate surface area is 145 Å². The lowest BCUT2D eigenvalue weighted by molar-refractivity contribution is 0.0945. The summed E-state index contributed by atoms with van der Waals surface area (Å²) in [4.78, 5) is 35.9. The first-order valence-electron chi connectivity index (χ1n) is 8.30. The quantitative estimate of drug-likeness (QED) is 0.681. The van der Waals surface area contributed by atoms with Crippen LogP contribution in [-0.2, 0) is 0 Å². The van der Waals surface area contributed by atoms with Crippen molar-refractivity contribution in [3.05, 3.63) is 46.6 Å². The van der Waals surface area contributed by atoms with Crippen LogP contribution >= 0.6 is 0 Å². The van der Waals surface area contributed by atoms with Crippen LogP contribution in [0.3, 0.4) is 0 Å². The molecule has 0 atom stereocenters. The van der Waals surface area contributed by atoms with Gasteiger partial charge in [0.2, 0.25) is 5.95 Å². The van der Waals surface area contributed by atoms with Crippen LogP contribution in [0.25, 0.3) is 0 Å². The van der Waals surface area contributed by atoms with Gasteiger partial charge in [0.1, 0.15) is 5.69 Å². The minimum Gasteiger partial charge on any atom is -0.351 e. The number of hydrogen-bond donors (Lipinski definition) is 2. The molecule has 9 nitrogen and oxygen atoms in total. The third kappa shape index (κ3) is 4.83. The Morgan fingerprint density at radius 3 is 2.60 bits per heavy atom. The number of hydrogen-bond acceptors (Lipinski definition) is 7. The number of H-pyrrole nitrogens is 1. The molecular weight excluding hydrogens is 322 g/mol. The normalized spacial score (nSPS) is 15.1. The standard InChI is InChI=1S/C16H21N7O2/c24-14-4-3-13(20-21-14)15(25)17-7-2-8-22-9-11-23(12-10-22)16-18-5-1-6-19-16/h1,3-6H,2,7-12H2,(H,17,25)(H,21,24). The summed E-state index contributed by atoms with van der Waals surface area (Å²) < 4.78 is 0. The number of piperazine rings is 1. The largest absolute Gasteiger partial charge is 0.351 e. The summed E-state index contributed by atoms with van der Waals surface area (Å²) in [7, 11) is 0. The van der Waals surface area contributed by atoms with Crippen molar-refractivity contribution in [3.63, 3.8) is 0 Å². The third-order valence-corrected chi connectivity index (χ3v) is 4.06. The van der Waals surface area contributed by atoms with Crippen LogP contribution in [0.15, 0.2) is 35.4 Å². The zero-order valence-electron chi connectivity index (χ0n) is 13.9. The van der Waals surface area contributed by atoms with Crippen LogP contribution in [0.1, 0.15) is 16.9 Å². The number of amides is 1. The summed E-state index contributed by atoms with van der Waals surface area (Å²) in [5, 5.41) is 8.77. The van der Waals surface area contributed by atoms with E-state index in [0.717, 1.165) is 45.1 Å². The number of carbonyl (C=O) groups is 1. The Hall–Kier alpha value is -2.81. The van der Waals surface area contributed by atoms with E-state index in [1.165, 1.54) is 12.1 Å². The molecule has 3 heterocycles. The maximum absolute atomic E-state index is 11.9. The highest BCUT2D eigenvalue weighted by Crippen LogP contribution is 2.09. The highest BCUT2D eigenvalue weighted by Gasteiger charge is 2.18. The Kier molecular flexibility index (Phi) is 5.68. The minimum absolute atomic E-state index is 0.219. The first-order chi connectivity index (χ1) is 12.2. The van der Waals surface area contributed by atoms with E-state index in [-0.39, 0.29) is 17.2 Å². The van der Waals surface area contributed by atoms with E-state index in [1.807, 2.05) is 6.07 Å². The molecule has 0 aliphatic carbocycles. The van der Waals surface area contributed by atoms with Crippen molar-refractivity contribution in [2.75, 3.05) is 44.2 Å². The molecule has 1 aliphatic rings. The van der Waals surface area contributed by atoms with Gasteiger partial charge in [-0.05, 0) is 25.1 Å². The van der Waals surface area contributed by atoms with E-state index >= 15 is 0 Å². The zero-order chi connectivity index (χ0) is 17.5. The molecule has 3 rings (SSSR count). The van der Waals surface area contributed by atoms with Gasteiger partial charge in [-0.1, -0.05) is 0 Å². The number of aromatic nitrogens is 4. The van der Waals surface area contributed by atoms with Gasteiger partial charge in [-0.2, -0.15) is 5.10 Å². The molecule has 9 heteroatoms. The van der Waals surface area contributed by atoms with Crippen LogP contribution in [0.4, 0.5) is 5.95 Å². The first kappa shape index (κ1) is 17.0. The Morgan fingerprint density at radius 1 is 1.16 bits per heavy atom. The van der Waals surface area contributed by atoms with Gasteiger partial charge in [0.05, 0.1) is 0 Å². The lowest BCUT2D eigenvalue weighted by Gasteiger charge is -2.34. The van der Waals surface area contributed by atoms with Crippen molar-refractivity contribution in [1.29, 1.82) is 0 Å². The number of rotatable bonds is 6. The molecule has 2 N–H and O–H groups in total. The van der Waals surface area contributed by atoms with Gasteiger partial charge >= 0.3 is 0 Å². The lowest BCUT2D eigenvalue weighted by atomic mass is 10.3. The molecule has 0 saturated carbocycles. The fraction of sp³-hybridized carbons (Fsp3) is 0.438. The molecule has 25 heavy (non-hydrogen) atoms. The molecule has 1 saturated heterocycles. The second kappa shape index (κ2) is 8.34. The van der Waals surface area contributed by atoms with E-state index in [4.69, 9.17) is 0 Å². The monoisotopic (exact) mass is 343 g/mol. The first-order valence-corrected chi connectivity index (χ1v) is 8.30. The zero-order valence-corrected chi connectivity index (χ0v) is 13.9. The third-order valence-electron chi connectivity index (χ3n) is 4.06. The predicted molar refractivity (Wildman–Crippen MR) is 92.5 cm³/mol. The van der Waals surface area contributed by atoms with Crippen LogP contribution in [0.2, 0.25) is 0 Å². The molecular formula is C16H21N7O2. The number of carbonyl (C=O) groups excluding carboxylic acids is 1. The fourth-order valence-electron chi connectivity index (χ4n) is 2.69. The smallest absolute Gasteiger partial charge is 0.271 e. The van der Waals surface area contributed by atoms with Crippen LogP contribution < -0.4 is 15.8 Å². The van der Waals surface area contributed by atoms with E-state index in [0.29, 0.717) is 6.54 Å². The summed E-state index contributed by atoms with van der Waals surface area (Å²) in [6.07, 6.45) is 4.38. The van der Waals surface area contributed by atoms with E-state index < -0.39 is 0 Å². The summed E-state index contributed by atoms with van der Waals surface area (Å²) in [6.45, 7) is 5.20. The number of anilines is 1. The molecule has 132 valence electrons. The molecule has 2 aromatic rings. The maximum Gasteiger partial charge on any atom is 0.271 e. The maximum atomic E-state index is 11.9. The van der Waals surface area contributed by atoms with Crippen molar-refractivity contribution < 1.29 is 4.79 Å². The van der Waals surface area contributed by atoms with Crippen LogP contribution in [0, 0.1) is 0 Å². The SMILES string of the molecule is O=C(NCCCN1CCN(c2ncccn2)CC1)c1ccc(=O)[nH]n1. The summed E-state index contributed by atoms with van der Waals surface area (Å²) in [5.41, 5.74) is -0.104. The Morgan fingerprint density at radius 2 is 1.92 bits per heavy atom. The number of nitrogens with one attached hydrogen (secondary N) is 2. The summed E-state index contributed by atoms with van der Waals surface area (Å²) >= 11 is 0. The topological polar surface area (TPSA) is 107 Å². The van der Waals surface area contributed by atoms with Gasteiger partial charge in [0, 0.05) is 51.2 Å². The number of nitrogens with zero attached hydrogens (tertiary/aromatic N) is 5. The van der Waals surface area contributed by atoms with Gasteiger partial charge in [0.15, 0.2) is 0 Å². The van der Waals surface area contributed by atoms with Gasteiger partial charge < -0.3 is 10.2 Å². The van der Waals surface area contributed by atoms with E-state index in [9.17, 15) is 9.59 Å². The van der Waals surface area contributed by atoms with Crippen LogP contribution in [0.5, 0.6) is 0 Å². The Bertz CT molecular complexity index is 721. The van der Waals surface area contributed by atoms with Gasteiger partial charge in [-0.3, -0.25) is 14.5 Å². The predicted octanol–water partition coefficient (Wildman–Crippen LogP) is -0.498. The van der Waals surface area contributed by atoms with Crippen LogP contribution in [-0.4, -0.2) is 70.2 Å². The molecule has 0 unspecified atom stereocenters. The van der Waals surface area contributed by atoms with E-state index in [2.05, 4.69) is 35.3 Å². The second-order valence-electron chi connectivity index (χ2n) is 5.79. The molecule has 0 aromatic carbocycles. The molecule has 0 radical (unpaired) electrons. The van der Waals surface area contributed by atoms with Crippen molar-refractivity contribution in [1.82, 2.24) is 30.4 Å². The van der Waals surface area contributed by atoms with Gasteiger partial charge in [-0.25, -0.2) is 15.1 Å². The average molecular weight is 343 g/mol. The Balaban J connectivity index is 1.34. The molecule has 1 aliphatic heterocycles. The van der Waals surface area contributed by atoms with Gasteiger partial charge in [0.25, 0.3) is 11.5 Å².